The van der Waals surface area contributed by atoms with Crippen LogP contribution in [0.25, 0.3) is 0 Å². The van der Waals surface area contributed by atoms with E-state index >= 15 is 0 Å². The second kappa shape index (κ2) is 6.02. The predicted molar refractivity (Wildman–Crippen MR) is 63.7 cm³/mol. The van der Waals surface area contributed by atoms with Crippen LogP contribution in [0.5, 0.6) is 0 Å². The summed E-state index contributed by atoms with van der Waals surface area (Å²) in [5.41, 5.74) is 2.05. The molecule has 0 aliphatic carbocycles. The smallest absolute Gasteiger partial charge is 0.246 e. The van der Waals surface area contributed by atoms with E-state index in [1.165, 1.54) is 7.05 Å². The molecule has 1 atom stereocenters. The maximum absolute atomic E-state index is 11.2. The zero-order valence-electron chi connectivity index (χ0n) is 9.47. The lowest BCUT2D eigenvalue weighted by Crippen LogP contribution is -2.33. The number of aliphatic imine (C=N–C) groups is 1. The molecular weight excluding hydrogens is 204 g/mol. The van der Waals surface area contributed by atoms with Crippen LogP contribution in [0.3, 0.4) is 0 Å². The maximum Gasteiger partial charge on any atom is 0.246 e. The number of hydrogen-bond acceptors (Lipinski definition) is 3. The minimum Gasteiger partial charge on any atom is -0.394 e. The number of benzene rings is 1. The molecule has 1 aromatic carbocycles. The van der Waals surface area contributed by atoms with Gasteiger partial charge < -0.3 is 10.4 Å². The summed E-state index contributed by atoms with van der Waals surface area (Å²) in [6.07, 6.45) is 1.60. The minimum absolute atomic E-state index is 0.286. The van der Waals surface area contributed by atoms with Crippen LogP contribution in [0.15, 0.2) is 29.3 Å². The monoisotopic (exact) mass is 220 g/mol. The summed E-state index contributed by atoms with van der Waals surface area (Å²) in [7, 11) is 1.52. The number of carbonyl (C=O) groups excluding carboxylic acids is 1. The van der Waals surface area contributed by atoms with Crippen LogP contribution in [-0.2, 0) is 4.79 Å². The number of amides is 1. The van der Waals surface area contributed by atoms with E-state index in [1.54, 1.807) is 6.21 Å². The van der Waals surface area contributed by atoms with Gasteiger partial charge in [-0.2, -0.15) is 0 Å². The molecule has 1 unspecified atom stereocenters. The molecule has 0 aliphatic rings. The third-order valence-corrected chi connectivity index (χ3v) is 2.17. The van der Waals surface area contributed by atoms with Gasteiger partial charge in [0.05, 0.1) is 6.61 Å². The van der Waals surface area contributed by atoms with Gasteiger partial charge in [0.1, 0.15) is 0 Å². The van der Waals surface area contributed by atoms with Crippen molar-refractivity contribution in [3.05, 3.63) is 35.4 Å². The molecule has 2 N–H and O–H groups in total. The van der Waals surface area contributed by atoms with Gasteiger partial charge in [-0.1, -0.05) is 29.8 Å². The van der Waals surface area contributed by atoms with Crippen molar-refractivity contribution in [1.29, 1.82) is 0 Å². The average molecular weight is 220 g/mol. The quantitative estimate of drug-likeness (QED) is 0.727. The molecule has 4 nitrogen and oxygen atoms in total. The highest BCUT2D eigenvalue weighted by molar-refractivity contribution is 5.86. The molecule has 0 saturated heterocycles. The van der Waals surface area contributed by atoms with Crippen molar-refractivity contribution in [2.24, 2.45) is 4.99 Å². The third kappa shape index (κ3) is 3.47. The molecule has 0 saturated carbocycles. The van der Waals surface area contributed by atoms with E-state index in [1.807, 2.05) is 31.2 Å². The normalized spacial score (nSPS) is 12.7. The number of aliphatic hydroxyl groups is 1. The lowest BCUT2D eigenvalue weighted by Gasteiger charge is -2.06. The summed E-state index contributed by atoms with van der Waals surface area (Å²) in [5, 5.41) is 11.4. The maximum atomic E-state index is 11.2. The summed E-state index contributed by atoms with van der Waals surface area (Å²) in [4.78, 5) is 15.3. The molecule has 0 spiro atoms. The number of hydrogen-bond donors (Lipinski definition) is 2. The Balaban J connectivity index is 2.75. The molecule has 0 aliphatic heterocycles. The van der Waals surface area contributed by atoms with E-state index < -0.39 is 6.04 Å². The second-order valence-corrected chi connectivity index (χ2v) is 3.50. The van der Waals surface area contributed by atoms with Crippen LogP contribution in [-0.4, -0.2) is 36.9 Å². The topological polar surface area (TPSA) is 61.7 Å². The molecule has 16 heavy (non-hydrogen) atoms. The lowest BCUT2D eigenvalue weighted by molar-refractivity contribution is -0.122. The van der Waals surface area contributed by atoms with Gasteiger partial charge in [0, 0.05) is 13.3 Å². The molecule has 0 radical (unpaired) electrons. The fourth-order valence-corrected chi connectivity index (χ4v) is 1.29. The van der Waals surface area contributed by atoms with Gasteiger partial charge in [-0.25, -0.2) is 0 Å². The van der Waals surface area contributed by atoms with Crippen molar-refractivity contribution in [3.8, 4) is 0 Å². The molecule has 0 bridgehead atoms. The summed E-state index contributed by atoms with van der Waals surface area (Å²) >= 11 is 0. The number of nitrogens with zero attached hydrogens (tertiary/aromatic N) is 1. The first-order chi connectivity index (χ1) is 7.67. The van der Waals surface area contributed by atoms with E-state index in [-0.39, 0.29) is 12.5 Å². The predicted octanol–water partition coefficient (Wildman–Crippen LogP) is 0.521. The van der Waals surface area contributed by atoms with Crippen molar-refractivity contribution in [2.75, 3.05) is 13.7 Å². The van der Waals surface area contributed by atoms with Crippen molar-refractivity contribution >= 4 is 12.1 Å². The zero-order chi connectivity index (χ0) is 12.0. The largest absolute Gasteiger partial charge is 0.394 e. The number of likely N-dealkylation sites (N-methyl/N-ethyl adjacent to an activating group) is 1. The summed E-state index contributed by atoms with van der Waals surface area (Å²) in [6, 6.07) is 7.03. The van der Waals surface area contributed by atoms with Gasteiger partial charge >= 0.3 is 0 Å². The molecular formula is C12H16N2O2. The SMILES string of the molecule is CNC(=O)C(CO)N=Cc1cccc(C)c1. The standard InChI is InChI=1S/C12H16N2O2/c1-9-4-3-5-10(6-9)7-14-11(8-15)12(16)13-2/h3-7,11,15H,8H2,1-2H3,(H,13,16). The Morgan fingerprint density at radius 1 is 1.62 bits per heavy atom. The van der Waals surface area contributed by atoms with E-state index in [0.717, 1.165) is 11.1 Å². The Kier molecular flexibility index (Phi) is 4.66. The fraction of sp³-hybridized carbons (Fsp3) is 0.333. The van der Waals surface area contributed by atoms with E-state index in [2.05, 4.69) is 10.3 Å². The Bertz CT molecular complexity index is 388. The van der Waals surface area contributed by atoms with Crippen LogP contribution in [0, 0.1) is 6.92 Å². The van der Waals surface area contributed by atoms with Crippen LogP contribution in [0.4, 0.5) is 0 Å². The fourth-order valence-electron chi connectivity index (χ4n) is 1.29. The molecule has 4 heteroatoms. The summed E-state index contributed by atoms with van der Waals surface area (Å²) in [5.74, 6) is -0.286. The number of rotatable bonds is 4. The zero-order valence-corrected chi connectivity index (χ0v) is 9.47. The first-order valence-electron chi connectivity index (χ1n) is 5.09. The van der Waals surface area contributed by atoms with Crippen molar-refractivity contribution in [2.45, 2.75) is 13.0 Å². The van der Waals surface area contributed by atoms with Crippen LogP contribution < -0.4 is 5.32 Å². The Morgan fingerprint density at radius 2 is 2.38 bits per heavy atom. The molecule has 0 aromatic heterocycles. The van der Waals surface area contributed by atoms with E-state index in [4.69, 9.17) is 5.11 Å². The molecule has 1 rings (SSSR count). The van der Waals surface area contributed by atoms with Crippen molar-refractivity contribution in [3.63, 3.8) is 0 Å². The number of aryl methyl sites for hydroxylation is 1. The highest BCUT2D eigenvalue weighted by atomic mass is 16.3. The first-order valence-corrected chi connectivity index (χ1v) is 5.09. The van der Waals surface area contributed by atoms with Crippen molar-refractivity contribution in [1.82, 2.24) is 5.32 Å². The highest BCUT2D eigenvalue weighted by Crippen LogP contribution is 2.01. The molecule has 1 amide bonds. The van der Waals surface area contributed by atoms with Gasteiger partial charge in [-0.05, 0) is 12.5 Å². The van der Waals surface area contributed by atoms with Gasteiger partial charge in [-0.15, -0.1) is 0 Å². The van der Waals surface area contributed by atoms with Crippen LogP contribution >= 0.6 is 0 Å². The Morgan fingerprint density at radius 3 is 2.94 bits per heavy atom. The average Bonchev–Trinajstić information content (AvgIpc) is 2.29. The molecule has 0 heterocycles. The second-order valence-electron chi connectivity index (χ2n) is 3.50. The highest BCUT2D eigenvalue weighted by Gasteiger charge is 2.12. The Hall–Kier alpha value is -1.68. The number of carbonyl (C=O) groups is 1. The Labute approximate surface area is 95.0 Å². The van der Waals surface area contributed by atoms with E-state index in [9.17, 15) is 4.79 Å². The number of nitrogens with one attached hydrogen (secondary N) is 1. The molecule has 1 aromatic rings. The molecule has 86 valence electrons. The van der Waals surface area contributed by atoms with Gasteiger partial charge in [0.25, 0.3) is 0 Å². The first kappa shape index (κ1) is 12.4. The van der Waals surface area contributed by atoms with Gasteiger partial charge in [0.2, 0.25) is 5.91 Å². The van der Waals surface area contributed by atoms with Crippen LogP contribution in [0.2, 0.25) is 0 Å². The minimum atomic E-state index is -0.731. The van der Waals surface area contributed by atoms with E-state index in [0.29, 0.717) is 0 Å². The third-order valence-electron chi connectivity index (χ3n) is 2.17. The van der Waals surface area contributed by atoms with Crippen molar-refractivity contribution < 1.29 is 9.90 Å². The molecule has 0 fully saturated rings. The van der Waals surface area contributed by atoms with Gasteiger partial charge in [0.15, 0.2) is 6.04 Å². The number of aliphatic hydroxyl groups excluding tert-OH is 1. The summed E-state index contributed by atoms with van der Waals surface area (Å²) in [6.45, 7) is 1.70. The van der Waals surface area contributed by atoms with Crippen LogP contribution in [0.1, 0.15) is 11.1 Å². The lowest BCUT2D eigenvalue weighted by atomic mass is 10.1. The summed E-state index contributed by atoms with van der Waals surface area (Å²) < 4.78 is 0. The van der Waals surface area contributed by atoms with Gasteiger partial charge in [-0.3, -0.25) is 9.79 Å².